The lowest BCUT2D eigenvalue weighted by Crippen LogP contribution is -2.54. The summed E-state index contributed by atoms with van der Waals surface area (Å²) in [4.78, 5) is 16.2. The third-order valence-corrected chi connectivity index (χ3v) is 3.13. The number of aromatic nitrogens is 3. The Morgan fingerprint density at radius 2 is 2.41 bits per heavy atom. The van der Waals surface area contributed by atoms with Gasteiger partial charge in [0.05, 0.1) is 6.20 Å². The van der Waals surface area contributed by atoms with Crippen LogP contribution in [0.5, 0.6) is 0 Å². The van der Waals surface area contributed by atoms with E-state index >= 15 is 0 Å². The van der Waals surface area contributed by atoms with E-state index in [9.17, 15) is 4.79 Å². The van der Waals surface area contributed by atoms with Gasteiger partial charge in [-0.25, -0.2) is 0 Å². The Hall–Kier alpha value is -1.47. The zero-order valence-electron chi connectivity index (χ0n) is 10.2. The third-order valence-electron chi connectivity index (χ3n) is 3.13. The fourth-order valence-electron chi connectivity index (χ4n) is 1.93. The van der Waals surface area contributed by atoms with E-state index in [-0.39, 0.29) is 5.91 Å². The number of aromatic amines is 1. The molecule has 2 heterocycles. The van der Waals surface area contributed by atoms with E-state index in [2.05, 4.69) is 44.6 Å². The lowest BCUT2D eigenvalue weighted by atomic mass is 10.2. The van der Waals surface area contributed by atoms with Gasteiger partial charge in [0, 0.05) is 32.2 Å². The van der Waals surface area contributed by atoms with Crippen molar-refractivity contribution in [2.75, 3.05) is 40.3 Å². The van der Waals surface area contributed by atoms with Crippen LogP contribution in [0.2, 0.25) is 0 Å². The highest BCUT2D eigenvalue weighted by atomic mass is 16.2. The molecule has 0 saturated carbocycles. The molecule has 7 heteroatoms. The molecular formula is C10H18N6O. The van der Waals surface area contributed by atoms with Gasteiger partial charge in [0.25, 0.3) is 5.91 Å². The molecular weight excluding hydrogens is 220 g/mol. The molecule has 1 amide bonds. The Labute approximate surface area is 100 Å². The van der Waals surface area contributed by atoms with E-state index in [1.807, 2.05) is 0 Å². The second kappa shape index (κ2) is 5.24. The SMILES string of the molecule is CN1CCN(C)C(CNC(=O)c2cn[nH]n2)C1. The highest BCUT2D eigenvalue weighted by molar-refractivity contribution is 5.91. The van der Waals surface area contributed by atoms with Crippen molar-refractivity contribution < 1.29 is 4.79 Å². The Kier molecular flexibility index (Phi) is 3.70. The summed E-state index contributed by atoms with van der Waals surface area (Å²) in [7, 11) is 4.18. The zero-order chi connectivity index (χ0) is 12.3. The van der Waals surface area contributed by atoms with Crippen LogP contribution >= 0.6 is 0 Å². The summed E-state index contributed by atoms with van der Waals surface area (Å²) in [6.07, 6.45) is 1.42. The van der Waals surface area contributed by atoms with Gasteiger partial charge in [-0.3, -0.25) is 9.69 Å². The lowest BCUT2D eigenvalue weighted by molar-refractivity contribution is 0.0877. The number of hydrogen-bond acceptors (Lipinski definition) is 5. The third kappa shape index (κ3) is 3.01. The molecule has 0 aromatic carbocycles. The van der Waals surface area contributed by atoms with E-state index in [0.717, 1.165) is 19.6 Å². The molecule has 1 aromatic rings. The number of piperazine rings is 1. The van der Waals surface area contributed by atoms with Crippen LogP contribution in [0.4, 0.5) is 0 Å². The largest absolute Gasteiger partial charge is 0.349 e. The maximum atomic E-state index is 11.7. The van der Waals surface area contributed by atoms with Gasteiger partial charge in [-0.1, -0.05) is 0 Å². The van der Waals surface area contributed by atoms with Gasteiger partial charge < -0.3 is 10.2 Å². The van der Waals surface area contributed by atoms with Crippen LogP contribution in [0.15, 0.2) is 6.20 Å². The number of carbonyl (C=O) groups excluding carboxylic acids is 1. The van der Waals surface area contributed by atoms with Crippen LogP contribution in [0.25, 0.3) is 0 Å². The van der Waals surface area contributed by atoms with E-state index < -0.39 is 0 Å². The van der Waals surface area contributed by atoms with Crippen molar-refractivity contribution in [3.63, 3.8) is 0 Å². The Morgan fingerprint density at radius 1 is 1.59 bits per heavy atom. The van der Waals surface area contributed by atoms with Gasteiger partial charge in [0.2, 0.25) is 0 Å². The maximum absolute atomic E-state index is 11.7. The van der Waals surface area contributed by atoms with Gasteiger partial charge in [0.15, 0.2) is 5.69 Å². The van der Waals surface area contributed by atoms with Crippen molar-refractivity contribution in [3.05, 3.63) is 11.9 Å². The average Bonchev–Trinajstić information content (AvgIpc) is 2.83. The second-order valence-corrected chi connectivity index (χ2v) is 4.46. The predicted molar refractivity (Wildman–Crippen MR) is 62.6 cm³/mol. The maximum Gasteiger partial charge on any atom is 0.273 e. The van der Waals surface area contributed by atoms with Crippen molar-refractivity contribution in [1.82, 2.24) is 30.5 Å². The number of nitrogens with zero attached hydrogens (tertiary/aromatic N) is 4. The van der Waals surface area contributed by atoms with E-state index in [4.69, 9.17) is 0 Å². The quantitative estimate of drug-likeness (QED) is 0.690. The van der Waals surface area contributed by atoms with E-state index in [1.54, 1.807) is 0 Å². The molecule has 1 unspecified atom stereocenters. The first-order valence-corrected chi connectivity index (χ1v) is 5.69. The normalized spacial score (nSPS) is 22.6. The molecule has 1 aromatic heterocycles. The first-order chi connectivity index (χ1) is 8.16. The molecule has 1 fully saturated rings. The monoisotopic (exact) mass is 238 g/mol. The van der Waals surface area contributed by atoms with E-state index in [1.165, 1.54) is 6.20 Å². The van der Waals surface area contributed by atoms with Crippen molar-refractivity contribution in [2.45, 2.75) is 6.04 Å². The summed E-state index contributed by atoms with van der Waals surface area (Å²) in [5, 5.41) is 12.7. The minimum Gasteiger partial charge on any atom is -0.349 e. The minimum absolute atomic E-state index is 0.180. The molecule has 1 aliphatic heterocycles. The molecule has 0 bridgehead atoms. The van der Waals surface area contributed by atoms with Crippen LogP contribution in [-0.2, 0) is 0 Å². The fraction of sp³-hybridized carbons (Fsp3) is 0.700. The molecule has 1 aliphatic rings. The average molecular weight is 238 g/mol. The molecule has 2 N–H and O–H groups in total. The minimum atomic E-state index is -0.180. The fourth-order valence-corrected chi connectivity index (χ4v) is 1.93. The number of amides is 1. The van der Waals surface area contributed by atoms with Gasteiger partial charge in [-0.05, 0) is 14.1 Å². The summed E-state index contributed by atoms with van der Waals surface area (Å²) in [6.45, 7) is 3.70. The van der Waals surface area contributed by atoms with E-state index in [0.29, 0.717) is 18.3 Å². The standard InChI is InChI=1S/C10H18N6O/c1-15-3-4-16(2)8(7-15)5-11-10(17)9-6-12-14-13-9/h6,8H,3-5,7H2,1-2H3,(H,11,17)(H,12,13,14). The molecule has 2 rings (SSSR count). The van der Waals surface area contributed by atoms with Gasteiger partial charge >= 0.3 is 0 Å². The highest BCUT2D eigenvalue weighted by Gasteiger charge is 2.22. The van der Waals surface area contributed by atoms with Gasteiger partial charge in [-0.15, -0.1) is 0 Å². The predicted octanol–water partition coefficient (Wildman–Crippen LogP) is -1.22. The second-order valence-electron chi connectivity index (χ2n) is 4.46. The van der Waals surface area contributed by atoms with Gasteiger partial charge in [-0.2, -0.15) is 15.4 Å². The number of hydrogen-bond donors (Lipinski definition) is 2. The Balaban J connectivity index is 1.83. The summed E-state index contributed by atoms with van der Waals surface area (Å²) in [5.74, 6) is -0.180. The number of likely N-dealkylation sites (N-methyl/N-ethyl adjacent to an activating group) is 2. The highest BCUT2D eigenvalue weighted by Crippen LogP contribution is 2.04. The molecule has 7 nitrogen and oxygen atoms in total. The molecule has 17 heavy (non-hydrogen) atoms. The number of nitrogens with one attached hydrogen (secondary N) is 2. The molecule has 1 atom stereocenters. The van der Waals surface area contributed by atoms with Crippen LogP contribution in [0.3, 0.4) is 0 Å². The molecule has 1 saturated heterocycles. The lowest BCUT2D eigenvalue weighted by Gasteiger charge is -2.37. The van der Waals surface area contributed by atoms with Crippen molar-refractivity contribution in [3.8, 4) is 0 Å². The number of carbonyl (C=O) groups is 1. The van der Waals surface area contributed by atoms with Crippen molar-refractivity contribution in [1.29, 1.82) is 0 Å². The Bertz CT molecular complexity index is 365. The number of H-pyrrole nitrogens is 1. The topological polar surface area (TPSA) is 77.1 Å². The van der Waals surface area contributed by atoms with Crippen LogP contribution in [0.1, 0.15) is 10.5 Å². The summed E-state index contributed by atoms with van der Waals surface area (Å²) >= 11 is 0. The van der Waals surface area contributed by atoms with Crippen molar-refractivity contribution >= 4 is 5.91 Å². The van der Waals surface area contributed by atoms with Crippen LogP contribution in [-0.4, -0.2) is 77.4 Å². The molecule has 0 spiro atoms. The van der Waals surface area contributed by atoms with Gasteiger partial charge in [0.1, 0.15) is 0 Å². The zero-order valence-corrected chi connectivity index (χ0v) is 10.2. The first kappa shape index (κ1) is 12.0. The summed E-state index contributed by atoms with van der Waals surface area (Å²) in [5.41, 5.74) is 0.330. The Morgan fingerprint density at radius 3 is 3.12 bits per heavy atom. The number of rotatable bonds is 3. The first-order valence-electron chi connectivity index (χ1n) is 5.69. The van der Waals surface area contributed by atoms with Crippen LogP contribution < -0.4 is 5.32 Å². The smallest absolute Gasteiger partial charge is 0.273 e. The van der Waals surface area contributed by atoms with Crippen LogP contribution in [0, 0.1) is 0 Å². The molecule has 0 radical (unpaired) electrons. The summed E-state index contributed by atoms with van der Waals surface area (Å²) < 4.78 is 0. The molecule has 0 aliphatic carbocycles. The summed E-state index contributed by atoms with van der Waals surface area (Å²) in [6, 6.07) is 0.351. The van der Waals surface area contributed by atoms with Crippen molar-refractivity contribution in [2.24, 2.45) is 0 Å². The molecule has 94 valence electrons.